The van der Waals surface area contributed by atoms with Gasteiger partial charge in [0.25, 0.3) is 0 Å². The number of ether oxygens (including phenoxy) is 2. The molecular formula is C24H22O2. The summed E-state index contributed by atoms with van der Waals surface area (Å²) in [6.07, 6.45) is 10.2. The highest BCUT2D eigenvalue weighted by molar-refractivity contribution is 5.92. The quantitative estimate of drug-likeness (QED) is 0.676. The van der Waals surface area contributed by atoms with Crippen molar-refractivity contribution in [2.75, 3.05) is 6.79 Å². The maximum atomic E-state index is 5.68. The van der Waals surface area contributed by atoms with Gasteiger partial charge in [-0.15, -0.1) is 0 Å². The first kappa shape index (κ1) is 15.5. The molecule has 0 N–H and O–H groups in total. The second kappa shape index (κ2) is 5.91. The fourth-order valence-electron chi connectivity index (χ4n) is 4.19. The Hall–Kier alpha value is -2.74. The maximum absolute atomic E-state index is 5.68. The molecule has 0 bridgehead atoms. The van der Waals surface area contributed by atoms with Crippen LogP contribution in [0.2, 0.25) is 0 Å². The van der Waals surface area contributed by atoms with Gasteiger partial charge in [-0.3, -0.25) is 0 Å². The Labute approximate surface area is 154 Å². The van der Waals surface area contributed by atoms with Gasteiger partial charge >= 0.3 is 0 Å². The maximum Gasteiger partial charge on any atom is 0.231 e. The van der Waals surface area contributed by atoms with Crippen LogP contribution in [0, 0.1) is 5.92 Å². The van der Waals surface area contributed by atoms with Gasteiger partial charge < -0.3 is 9.47 Å². The molecule has 3 aliphatic rings. The van der Waals surface area contributed by atoms with Crippen molar-refractivity contribution in [3.05, 3.63) is 76.9 Å². The van der Waals surface area contributed by atoms with E-state index in [1.54, 1.807) is 0 Å². The molecule has 0 saturated carbocycles. The van der Waals surface area contributed by atoms with E-state index in [4.69, 9.17) is 9.47 Å². The predicted octanol–water partition coefficient (Wildman–Crippen LogP) is 6.05. The summed E-state index contributed by atoms with van der Waals surface area (Å²) in [4.78, 5) is 0. The molecule has 1 heterocycles. The number of para-hydroxylation sites is 1. The molecule has 2 aromatic rings. The van der Waals surface area contributed by atoms with Crippen LogP contribution in [-0.4, -0.2) is 6.79 Å². The third-order valence-electron chi connectivity index (χ3n) is 5.60. The molecule has 0 fully saturated rings. The summed E-state index contributed by atoms with van der Waals surface area (Å²) < 4.78 is 11.2. The summed E-state index contributed by atoms with van der Waals surface area (Å²) in [6, 6.07) is 13.0. The Morgan fingerprint density at radius 2 is 2.00 bits per heavy atom. The molecule has 5 rings (SSSR count). The molecule has 2 heteroatoms. The predicted molar refractivity (Wildman–Crippen MR) is 106 cm³/mol. The highest BCUT2D eigenvalue weighted by Crippen LogP contribution is 2.43. The topological polar surface area (TPSA) is 18.5 Å². The lowest BCUT2D eigenvalue weighted by Gasteiger charge is -2.15. The second-order valence-corrected chi connectivity index (χ2v) is 7.55. The largest absolute Gasteiger partial charge is 0.454 e. The Balaban J connectivity index is 1.46. The zero-order valence-corrected chi connectivity index (χ0v) is 15.2. The minimum absolute atomic E-state index is 0.310. The first-order valence-corrected chi connectivity index (χ1v) is 9.33. The van der Waals surface area contributed by atoms with Gasteiger partial charge in [-0.05, 0) is 52.3 Å². The molecule has 0 aromatic heterocycles. The molecule has 2 nitrogen and oxygen atoms in total. The molecule has 2 aromatic carbocycles. The number of rotatable bonds is 3. The fourth-order valence-corrected chi connectivity index (χ4v) is 4.19. The van der Waals surface area contributed by atoms with Crippen molar-refractivity contribution in [3.8, 4) is 11.5 Å². The van der Waals surface area contributed by atoms with E-state index in [0.717, 1.165) is 23.5 Å². The van der Waals surface area contributed by atoms with E-state index in [-0.39, 0.29) is 0 Å². The first-order chi connectivity index (χ1) is 12.7. The van der Waals surface area contributed by atoms with Gasteiger partial charge in [-0.2, -0.15) is 0 Å². The average molecular weight is 342 g/mol. The third-order valence-corrected chi connectivity index (χ3v) is 5.60. The van der Waals surface area contributed by atoms with E-state index in [1.807, 2.05) is 12.1 Å². The lowest BCUT2D eigenvalue weighted by atomic mass is 9.89. The molecule has 1 aliphatic heterocycles. The van der Waals surface area contributed by atoms with Crippen LogP contribution in [0.5, 0.6) is 11.5 Å². The highest BCUT2D eigenvalue weighted by Gasteiger charge is 2.23. The molecule has 130 valence electrons. The number of benzene rings is 2. The highest BCUT2D eigenvalue weighted by atomic mass is 16.7. The van der Waals surface area contributed by atoms with E-state index >= 15 is 0 Å². The van der Waals surface area contributed by atoms with Crippen molar-refractivity contribution in [2.45, 2.75) is 26.2 Å². The van der Waals surface area contributed by atoms with Crippen molar-refractivity contribution in [2.24, 2.45) is 5.92 Å². The van der Waals surface area contributed by atoms with Gasteiger partial charge in [0, 0.05) is 11.5 Å². The number of hydrogen-bond acceptors (Lipinski definition) is 2. The van der Waals surface area contributed by atoms with E-state index in [1.165, 1.54) is 27.8 Å². The van der Waals surface area contributed by atoms with Crippen LogP contribution in [0.25, 0.3) is 17.2 Å². The monoisotopic (exact) mass is 342 g/mol. The Bertz CT molecular complexity index is 976. The van der Waals surface area contributed by atoms with E-state index in [9.17, 15) is 0 Å². The van der Waals surface area contributed by atoms with Crippen molar-refractivity contribution in [3.63, 3.8) is 0 Å². The lowest BCUT2D eigenvalue weighted by molar-refractivity contribution is 0.173. The summed E-state index contributed by atoms with van der Waals surface area (Å²) in [7, 11) is 0. The van der Waals surface area contributed by atoms with E-state index in [0.29, 0.717) is 18.6 Å². The Morgan fingerprint density at radius 1 is 1.08 bits per heavy atom. The van der Waals surface area contributed by atoms with Crippen molar-refractivity contribution >= 4 is 17.2 Å². The summed E-state index contributed by atoms with van der Waals surface area (Å²) in [6.45, 7) is 4.89. The second-order valence-electron chi connectivity index (χ2n) is 7.55. The minimum atomic E-state index is 0.310. The van der Waals surface area contributed by atoms with Gasteiger partial charge in [-0.1, -0.05) is 62.4 Å². The Morgan fingerprint density at radius 3 is 2.88 bits per heavy atom. The van der Waals surface area contributed by atoms with Crippen molar-refractivity contribution in [1.82, 2.24) is 0 Å². The van der Waals surface area contributed by atoms with Gasteiger partial charge in [-0.25, -0.2) is 0 Å². The number of hydrogen-bond donors (Lipinski definition) is 0. The molecular weight excluding hydrogens is 320 g/mol. The fraction of sp³-hybridized carbons (Fsp3) is 0.250. The molecule has 26 heavy (non-hydrogen) atoms. The standard InChI is InChI=1S/C24H22O2/c1-15(2)20-10-9-18-12-17(8-11-21(18)20)16-6-7-19(13-16)22-4-3-5-23-24(22)26-14-25-23/h3-5,7-13,15,20H,6,14H2,1-2H3. The molecule has 2 aliphatic carbocycles. The minimum Gasteiger partial charge on any atom is -0.454 e. The molecule has 0 amide bonds. The first-order valence-electron chi connectivity index (χ1n) is 9.33. The molecule has 0 saturated heterocycles. The van der Waals surface area contributed by atoms with Crippen LogP contribution in [0.15, 0.2) is 54.6 Å². The van der Waals surface area contributed by atoms with Crippen LogP contribution in [0.4, 0.5) is 0 Å². The Kier molecular flexibility index (Phi) is 3.53. The van der Waals surface area contributed by atoms with Gasteiger partial charge in [0.1, 0.15) is 0 Å². The zero-order chi connectivity index (χ0) is 17.7. The normalized spacial score (nSPS) is 19.7. The van der Waals surface area contributed by atoms with Gasteiger partial charge in [0.15, 0.2) is 11.5 Å². The number of fused-ring (bicyclic) bond motifs is 2. The average Bonchev–Trinajstić information content (AvgIpc) is 3.38. The molecule has 0 radical (unpaired) electrons. The summed E-state index contributed by atoms with van der Waals surface area (Å²) in [5.41, 5.74) is 7.85. The van der Waals surface area contributed by atoms with Crippen molar-refractivity contribution in [1.29, 1.82) is 0 Å². The van der Waals surface area contributed by atoms with Crippen molar-refractivity contribution < 1.29 is 9.47 Å². The smallest absolute Gasteiger partial charge is 0.231 e. The van der Waals surface area contributed by atoms with Crippen LogP contribution >= 0.6 is 0 Å². The van der Waals surface area contributed by atoms with E-state index < -0.39 is 0 Å². The lowest BCUT2D eigenvalue weighted by Crippen LogP contribution is -2.01. The summed E-state index contributed by atoms with van der Waals surface area (Å²) in [5, 5.41) is 0. The summed E-state index contributed by atoms with van der Waals surface area (Å²) in [5.74, 6) is 2.90. The van der Waals surface area contributed by atoms with Gasteiger partial charge in [0.05, 0.1) is 0 Å². The summed E-state index contributed by atoms with van der Waals surface area (Å²) >= 11 is 0. The van der Waals surface area contributed by atoms with Crippen LogP contribution in [-0.2, 0) is 0 Å². The SMILES string of the molecule is CC(C)C1C=Cc2cc(C3=CC(c4cccc5c4OCO5)=CC3)ccc21. The molecule has 1 atom stereocenters. The van der Waals surface area contributed by atoms with Gasteiger partial charge in [0.2, 0.25) is 6.79 Å². The molecule has 0 spiro atoms. The zero-order valence-electron chi connectivity index (χ0n) is 15.2. The van der Waals surface area contributed by atoms with Crippen LogP contribution in [0.3, 0.4) is 0 Å². The van der Waals surface area contributed by atoms with Crippen LogP contribution in [0.1, 0.15) is 48.4 Å². The molecule has 1 unspecified atom stereocenters. The van der Waals surface area contributed by atoms with Crippen LogP contribution < -0.4 is 9.47 Å². The van der Waals surface area contributed by atoms with E-state index in [2.05, 4.69) is 62.4 Å². The third kappa shape index (κ3) is 2.40. The number of allylic oxidation sites excluding steroid dienone is 5.